The summed E-state index contributed by atoms with van der Waals surface area (Å²) in [6, 6.07) is 9.28. The van der Waals surface area contributed by atoms with E-state index in [2.05, 4.69) is 21.5 Å². The molecule has 1 amide bonds. The van der Waals surface area contributed by atoms with Gasteiger partial charge in [-0.15, -0.1) is 0 Å². The van der Waals surface area contributed by atoms with Crippen LogP contribution in [0.5, 0.6) is 5.75 Å². The molecule has 2 atom stereocenters. The third-order valence-electron chi connectivity index (χ3n) is 5.68. The number of nitrogens with zero attached hydrogens (tertiary/aromatic N) is 5. The normalized spacial score (nSPS) is 13.0. The maximum absolute atomic E-state index is 13.0. The van der Waals surface area contributed by atoms with Crippen molar-refractivity contribution in [2.24, 2.45) is 12.8 Å². The van der Waals surface area contributed by atoms with Crippen LogP contribution in [0.1, 0.15) is 58.7 Å². The van der Waals surface area contributed by atoms with Crippen LogP contribution in [0.2, 0.25) is 0 Å². The Morgan fingerprint density at radius 2 is 2.09 bits per heavy atom. The first-order valence-corrected chi connectivity index (χ1v) is 10.8. The van der Waals surface area contributed by atoms with E-state index in [-0.39, 0.29) is 18.1 Å². The van der Waals surface area contributed by atoms with Crippen molar-refractivity contribution in [3.63, 3.8) is 0 Å². The quantitative estimate of drug-likeness (QED) is 0.323. The Morgan fingerprint density at radius 1 is 1.37 bits per heavy atom. The standard InChI is InChI=1S/C24H25N7O4/c1-4-31-22(29-20(21(33)24(31)35)23(34)28-17(10-26)13-32)14(2)19(16-11-27-30(3)12-16)18-8-6-5-7-15(18)9-25/h5-8,10-14,19,33H,4,26H2,1-3H3,(H,28,34)/b17-10+. The molecule has 0 bridgehead atoms. The van der Waals surface area contributed by atoms with Crippen LogP contribution in [0.4, 0.5) is 0 Å². The topological polar surface area (TPSA) is 169 Å². The molecule has 2 heterocycles. The lowest BCUT2D eigenvalue weighted by atomic mass is 9.80. The highest BCUT2D eigenvalue weighted by Gasteiger charge is 2.31. The molecule has 0 aliphatic heterocycles. The predicted molar refractivity (Wildman–Crippen MR) is 126 cm³/mol. The predicted octanol–water partition coefficient (Wildman–Crippen LogP) is 1.24. The Bertz CT molecular complexity index is 1400. The number of nitrogens with two attached hydrogens (primary N) is 1. The molecule has 3 aromatic rings. The fourth-order valence-corrected chi connectivity index (χ4v) is 4.03. The van der Waals surface area contributed by atoms with Gasteiger partial charge in [0.15, 0.2) is 12.0 Å². The molecular formula is C24H25N7O4. The molecule has 2 unspecified atom stereocenters. The molecule has 0 aliphatic rings. The number of carbonyl (C=O) groups excluding carboxylic acids is 2. The lowest BCUT2D eigenvalue weighted by molar-refractivity contribution is -0.105. The SMILES string of the molecule is CCn1c(C(C)C(c2cnn(C)c2)c2ccccc2C#N)nc(C(=O)N/C(C=O)=C/N)c(O)c1=O. The molecule has 0 radical (unpaired) electrons. The first kappa shape index (κ1) is 24.9. The number of carbonyl (C=O) groups is 2. The minimum Gasteiger partial charge on any atom is -0.501 e. The van der Waals surface area contributed by atoms with Gasteiger partial charge in [0.25, 0.3) is 11.5 Å². The van der Waals surface area contributed by atoms with E-state index >= 15 is 0 Å². The van der Waals surface area contributed by atoms with Crippen LogP contribution in [0, 0.1) is 11.3 Å². The highest BCUT2D eigenvalue weighted by Crippen LogP contribution is 2.39. The Kier molecular flexibility index (Phi) is 7.46. The Balaban J connectivity index is 2.24. The number of benzene rings is 1. The summed E-state index contributed by atoms with van der Waals surface area (Å²) in [5.41, 5.74) is 5.62. The zero-order chi connectivity index (χ0) is 25.7. The number of rotatable bonds is 8. The van der Waals surface area contributed by atoms with Crippen LogP contribution >= 0.6 is 0 Å². The van der Waals surface area contributed by atoms with Crippen LogP contribution in [-0.2, 0) is 18.4 Å². The molecule has 35 heavy (non-hydrogen) atoms. The Morgan fingerprint density at radius 3 is 2.66 bits per heavy atom. The molecule has 1 aromatic carbocycles. The summed E-state index contributed by atoms with van der Waals surface area (Å²) in [5, 5.41) is 26.7. The number of aryl methyl sites for hydroxylation is 1. The molecule has 180 valence electrons. The van der Waals surface area contributed by atoms with Crippen LogP contribution in [0.15, 0.2) is 53.4 Å². The van der Waals surface area contributed by atoms with Gasteiger partial charge in [0.2, 0.25) is 5.75 Å². The van der Waals surface area contributed by atoms with Gasteiger partial charge in [0, 0.05) is 37.8 Å². The summed E-state index contributed by atoms with van der Waals surface area (Å²) in [5.74, 6) is -2.59. The smallest absolute Gasteiger partial charge is 0.296 e. The molecule has 11 nitrogen and oxygen atoms in total. The van der Waals surface area contributed by atoms with Crippen molar-refractivity contribution < 1.29 is 14.7 Å². The van der Waals surface area contributed by atoms with Crippen molar-refractivity contribution in [3.8, 4) is 11.8 Å². The first-order valence-electron chi connectivity index (χ1n) is 10.8. The van der Waals surface area contributed by atoms with E-state index in [1.54, 1.807) is 43.2 Å². The van der Waals surface area contributed by atoms with Gasteiger partial charge < -0.3 is 16.2 Å². The minimum atomic E-state index is -0.963. The summed E-state index contributed by atoms with van der Waals surface area (Å²) in [6.45, 7) is 3.69. The molecule has 0 spiro atoms. The van der Waals surface area contributed by atoms with Gasteiger partial charge in [0.1, 0.15) is 5.82 Å². The van der Waals surface area contributed by atoms with Gasteiger partial charge in [-0.3, -0.25) is 23.6 Å². The van der Waals surface area contributed by atoms with Crippen molar-refractivity contribution >= 4 is 12.2 Å². The van der Waals surface area contributed by atoms with E-state index in [0.29, 0.717) is 17.4 Å². The van der Waals surface area contributed by atoms with Crippen LogP contribution in [-0.4, -0.2) is 36.6 Å². The lowest BCUT2D eigenvalue weighted by Gasteiger charge is -2.26. The Labute approximate surface area is 201 Å². The van der Waals surface area contributed by atoms with Crippen molar-refractivity contribution in [1.82, 2.24) is 24.6 Å². The van der Waals surface area contributed by atoms with Crippen molar-refractivity contribution in [2.75, 3.05) is 0 Å². The summed E-state index contributed by atoms with van der Waals surface area (Å²) in [4.78, 5) is 41.2. The second kappa shape index (κ2) is 10.5. The van der Waals surface area contributed by atoms with Gasteiger partial charge in [-0.25, -0.2) is 4.98 Å². The molecule has 3 rings (SSSR count). The van der Waals surface area contributed by atoms with Gasteiger partial charge in [-0.1, -0.05) is 25.1 Å². The van der Waals surface area contributed by atoms with Crippen molar-refractivity contribution in [2.45, 2.75) is 32.2 Å². The zero-order valence-electron chi connectivity index (χ0n) is 19.5. The summed E-state index contributed by atoms with van der Waals surface area (Å²) < 4.78 is 2.90. The fraction of sp³-hybridized carbons (Fsp3) is 0.250. The molecule has 0 saturated heterocycles. The van der Waals surface area contributed by atoms with Gasteiger partial charge in [0.05, 0.1) is 23.5 Å². The van der Waals surface area contributed by atoms with Crippen LogP contribution in [0.3, 0.4) is 0 Å². The van der Waals surface area contributed by atoms with Gasteiger partial charge in [-0.05, 0) is 24.1 Å². The molecule has 0 fully saturated rings. The highest BCUT2D eigenvalue weighted by atomic mass is 16.3. The second-order valence-electron chi connectivity index (χ2n) is 7.82. The third-order valence-corrected chi connectivity index (χ3v) is 5.68. The molecule has 11 heteroatoms. The molecule has 0 aliphatic carbocycles. The van der Waals surface area contributed by atoms with E-state index in [4.69, 9.17) is 5.73 Å². The van der Waals surface area contributed by atoms with E-state index in [9.17, 15) is 24.8 Å². The molecule has 2 aromatic heterocycles. The summed E-state index contributed by atoms with van der Waals surface area (Å²) >= 11 is 0. The molecular weight excluding hydrogens is 450 g/mol. The number of amides is 1. The fourth-order valence-electron chi connectivity index (χ4n) is 4.03. The number of aromatic hydroxyl groups is 1. The average Bonchev–Trinajstić information content (AvgIpc) is 3.29. The van der Waals surface area contributed by atoms with Crippen LogP contribution in [0.25, 0.3) is 0 Å². The number of allylic oxidation sites excluding steroid dienone is 1. The highest BCUT2D eigenvalue weighted by molar-refractivity contribution is 5.98. The van der Waals surface area contributed by atoms with E-state index < -0.39 is 34.7 Å². The summed E-state index contributed by atoms with van der Waals surface area (Å²) in [7, 11) is 1.76. The van der Waals surface area contributed by atoms with E-state index in [0.717, 1.165) is 11.8 Å². The summed E-state index contributed by atoms with van der Waals surface area (Å²) in [6.07, 6.45) is 4.68. The van der Waals surface area contributed by atoms with E-state index in [1.165, 1.54) is 4.57 Å². The van der Waals surface area contributed by atoms with Crippen LogP contribution < -0.4 is 16.6 Å². The number of hydrogen-bond acceptors (Lipinski definition) is 8. The minimum absolute atomic E-state index is 0.170. The van der Waals surface area contributed by atoms with Crippen molar-refractivity contribution in [1.29, 1.82) is 5.26 Å². The van der Waals surface area contributed by atoms with Gasteiger partial charge in [-0.2, -0.15) is 10.4 Å². The first-order chi connectivity index (χ1) is 16.8. The number of nitrogens with one attached hydrogen (secondary N) is 1. The number of aldehydes is 1. The number of aromatic nitrogens is 4. The monoisotopic (exact) mass is 475 g/mol. The number of nitriles is 1. The average molecular weight is 476 g/mol. The Hall–Kier alpha value is -4.72. The maximum atomic E-state index is 13.0. The third kappa shape index (κ3) is 4.81. The lowest BCUT2D eigenvalue weighted by Crippen LogP contribution is -2.33. The number of hydrogen-bond donors (Lipinski definition) is 3. The second-order valence-corrected chi connectivity index (χ2v) is 7.82. The zero-order valence-corrected chi connectivity index (χ0v) is 19.5. The maximum Gasteiger partial charge on any atom is 0.296 e. The molecule has 4 N–H and O–H groups in total. The van der Waals surface area contributed by atoms with Gasteiger partial charge >= 0.3 is 0 Å². The van der Waals surface area contributed by atoms with Crippen molar-refractivity contribution in [3.05, 3.63) is 87.1 Å². The van der Waals surface area contributed by atoms with E-state index in [1.807, 2.05) is 19.1 Å². The molecule has 0 saturated carbocycles. The largest absolute Gasteiger partial charge is 0.501 e.